The molecule has 112 valence electrons. The Hall–Kier alpha value is -0.250. The van der Waals surface area contributed by atoms with Crippen molar-refractivity contribution in [3.05, 3.63) is 27.2 Å². The van der Waals surface area contributed by atoms with Gasteiger partial charge in [-0.05, 0) is 59.3 Å². The van der Waals surface area contributed by atoms with Crippen molar-refractivity contribution in [2.75, 3.05) is 25.0 Å². The fourth-order valence-electron chi connectivity index (χ4n) is 2.75. The van der Waals surface area contributed by atoms with Crippen LogP contribution >= 0.6 is 27.5 Å². The van der Waals surface area contributed by atoms with Gasteiger partial charge in [0.05, 0.1) is 5.69 Å². The number of likely N-dealkylation sites (tertiary alicyclic amines) is 1. The molecule has 1 fully saturated rings. The average molecular weight is 360 g/mol. The van der Waals surface area contributed by atoms with Crippen molar-refractivity contribution in [1.29, 1.82) is 0 Å². The van der Waals surface area contributed by atoms with Crippen molar-refractivity contribution in [3.63, 3.8) is 0 Å². The van der Waals surface area contributed by atoms with Crippen LogP contribution in [0.15, 0.2) is 16.6 Å². The van der Waals surface area contributed by atoms with Crippen molar-refractivity contribution >= 4 is 33.2 Å². The van der Waals surface area contributed by atoms with Gasteiger partial charge in [-0.25, -0.2) is 0 Å². The Labute approximate surface area is 136 Å². The van der Waals surface area contributed by atoms with Crippen molar-refractivity contribution < 1.29 is 0 Å². The normalized spacial score (nSPS) is 17.7. The molecule has 20 heavy (non-hydrogen) atoms. The third kappa shape index (κ3) is 4.37. The molecule has 1 aliphatic heterocycles. The highest BCUT2D eigenvalue weighted by atomic mass is 79.9. The van der Waals surface area contributed by atoms with E-state index in [4.69, 9.17) is 11.6 Å². The molecule has 0 amide bonds. The van der Waals surface area contributed by atoms with Gasteiger partial charge in [0.1, 0.15) is 0 Å². The zero-order valence-electron chi connectivity index (χ0n) is 12.5. The smallest absolute Gasteiger partial charge is 0.0501 e. The quantitative estimate of drug-likeness (QED) is 0.819. The number of benzene rings is 1. The van der Waals surface area contributed by atoms with E-state index in [9.17, 15) is 0 Å². The molecule has 1 aromatic rings. The maximum atomic E-state index is 6.21. The first-order valence-corrected chi connectivity index (χ1v) is 8.57. The SMILES string of the molecule is Cc1cc(Br)c(NC2CCN(CC(C)C)CC2)cc1Cl. The lowest BCUT2D eigenvalue weighted by molar-refractivity contribution is 0.198. The van der Waals surface area contributed by atoms with Gasteiger partial charge in [0.25, 0.3) is 0 Å². The number of piperidine rings is 1. The molecular formula is C16H24BrClN2. The monoisotopic (exact) mass is 358 g/mol. The summed E-state index contributed by atoms with van der Waals surface area (Å²) in [5.41, 5.74) is 2.22. The van der Waals surface area contributed by atoms with Gasteiger partial charge in [-0.1, -0.05) is 25.4 Å². The van der Waals surface area contributed by atoms with Crippen molar-refractivity contribution in [2.45, 2.75) is 39.7 Å². The lowest BCUT2D eigenvalue weighted by atomic mass is 10.0. The van der Waals surface area contributed by atoms with E-state index in [1.807, 2.05) is 13.0 Å². The van der Waals surface area contributed by atoms with Crippen molar-refractivity contribution in [1.82, 2.24) is 4.90 Å². The number of hydrogen-bond donors (Lipinski definition) is 1. The molecule has 0 aliphatic carbocycles. The molecule has 0 spiro atoms. The summed E-state index contributed by atoms with van der Waals surface area (Å²) in [5.74, 6) is 0.754. The molecule has 1 saturated heterocycles. The van der Waals surface area contributed by atoms with Crippen molar-refractivity contribution in [2.24, 2.45) is 5.92 Å². The van der Waals surface area contributed by atoms with Gasteiger partial charge in [0.15, 0.2) is 0 Å². The Morgan fingerprint density at radius 3 is 2.60 bits per heavy atom. The van der Waals surface area contributed by atoms with E-state index < -0.39 is 0 Å². The molecule has 0 unspecified atom stereocenters. The zero-order chi connectivity index (χ0) is 14.7. The lowest BCUT2D eigenvalue weighted by Crippen LogP contribution is -2.40. The van der Waals surface area contributed by atoms with Crippen LogP contribution in [-0.4, -0.2) is 30.6 Å². The van der Waals surface area contributed by atoms with E-state index in [-0.39, 0.29) is 0 Å². The Morgan fingerprint density at radius 2 is 2.00 bits per heavy atom. The van der Waals surface area contributed by atoms with E-state index in [0.29, 0.717) is 6.04 Å². The van der Waals surface area contributed by atoms with Crippen LogP contribution in [0.5, 0.6) is 0 Å². The fourth-order valence-corrected chi connectivity index (χ4v) is 3.49. The first-order valence-electron chi connectivity index (χ1n) is 7.40. The van der Waals surface area contributed by atoms with Crippen LogP contribution in [0, 0.1) is 12.8 Å². The molecule has 0 bridgehead atoms. The molecule has 2 rings (SSSR count). The molecule has 4 heteroatoms. The predicted octanol–water partition coefficient (Wildman–Crippen LogP) is 4.94. The highest BCUT2D eigenvalue weighted by molar-refractivity contribution is 9.10. The summed E-state index contributed by atoms with van der Waals surface area (Å²) in [7, 11) is 0. The average Bonchev–Trinajstić information content (AvgIpc) is 2.37. The number of nitrogens with zero attached hydrogens (tertiary/aromatic N) is 1. The maximum absolute atomic E-state index is 6.21. The number of aryl methyl sites for hydroxylation is 1. The molecule has 1 N–H and O–H groups in total. The van der Waals surface area contributed by atoms with Gasteiger partial charge in [-0.3, -0.25) is 0 Å². The first-order chi connectivity index (χ1) is 9.45. The molecule has 1 aromatic carbocycles. The van der Waals surface area contributed by atoms with E-state index in [1.165, 1.54) is 32.5 Å². The van der Waals surface area contributed by atoms with Gasteiger partial charge in [-0.15, -0.1) is 0 Å². The van der Waals surface area contributed by atoms with E-state index in [0.717, 1.165) is 26.7 Å². The van der Waals surface area contributed by atoms with Gasteiger partial charge < -0.3 is 10.2 Å². The topological polar surface area (TPSA) is 15.3 Å². The molecule has 1 aliphatic rings. The zero-order valence-corrected chi connectivity index (χ0v) is 14.9. The molecule has 1 heterocycles. The van der Waals surface area contributed by atoms with Crippen LogP contribution in [-0.2, 0) is 0 Å². The summed E-state index contributed by atoms with van der Waals surface area (Å²) in [5, 5.41) is 4.46. The van der Waals surface area contributed by atoms with Gasteiger partial charge in [0, 0.05) is 35.2 Å². The summed E-state index contributed by atoms with van der Waals surface area (Å²) >= 11 is 9.84. The summed E-state index contributed by atoms with van der Waals surface area (Å²) in [6.45, 7) is 10.2. The van der Waals surface area contributed by atoms with Crippen LogP contribution in [0.2, 0.25) is 5.02 Å². The summed E-state index contributed by atoms with van der Waals surface area (Å²) < 4.78 is 1.10. The minimum Gasteiger partial charge on any atom is -0.381 e. The molecule has 0 radical (unpaired) electrons. The molecular weight excluding hydrogens is 336 g/mol. The second kappa shape index (κ2) is 7.15. The minimum atomic E-state index is 0.550. The van der Waals surface area contributed by atoms with Gasteiger partial charge in [0.2, 0.25) is 0 Å². The van der Waals surface area contributed by atoms with E-state index in [1.54, 1.807) is 0 Å². The number of halogens is 2. The maximum Gasteiger partial charge on any atom is 0.0501 e. The Balaban J connectivity index is 1.91. The van der Waals surface area contributed by atoms with E-state index in [2.05, 4.69) is 46.1 Å². The lowest BCUT2D eigenvalue weighted by Gasteiger charge is -2.34. The minimum absolute atomic E-state index is 0.550. The molecule has 0 aromatic heterocycles. The molecule has 0 saturated carbocycles. The van der Waals surface area contributed by atoms with Crippen molar-refractivity contribution in [3.8, 4) is 0 Å². The largest absolute Gasteiger partial charge is 0.381 e. The van der Waals surface area contributed by atoms with Crippen LogP contribution in [0.3, 0.4) is 0 Å². The van der Waals surface area contributed by atoms with Crippen LogP contribution in [0.25, 0.3) is 0 Å². The Morgan fingerprint density at radius 1 is 1.35 bits per heavy atom. The second-order valence-corrected chi connectivity index (χ2v) is 7.46. The van der Waals surface area contributed by atoms with Crippen LogP contribution in [0.4, 0.5) is 5.69 Å². The third-order valence-electron chi connectivity index (χ3n) is 3.82. The standard InChI is InChI=1S/C16H24BrClN2/c1-11(2)10-20-6-4-13(5-7-20)19-16-9-15(18)12(3)8-14(16)17/h8-9,11,13,19H,4-7,10H2,1-3H3. The number of nitrogens with one attached hydrogen (secondary N) is 1. The van der Waals surface area contributed by atoms with Crippen LogP contribution in [0.1, 0.15) is 32.3 Å². The third-order valence-corrected chi connectivity index (χ3v) is 4.88. The summed E-state index contributed by atoms with van der Waals surface area (Å²) in [4.78, 5) is 2.57. The number of hydrogen-bond acceptors (Lipinski definition) is 2. The Kier molecular flexibility index (Phi) is 5.76. The number of rotatable bonds is 4. The molecule has 0 atom stereocenters. The summed E-state index contributed by atoms with van der Waals surface area (Å²) in [6, 6.07) is 4.66. The Bertz CT molecular complexity index is 454. The van der Waals surface area contributed by atoms with Crippen LogP contribution < -0.4 is 5.32 Å². The summed E-state index contributed by atoms with van der Waals surface area (Å²) in [6.07, 6.45) is 2.40. The highest BCUT2D eigenvalue weighted by Gasteiger charge is 2.20. The van der Waals surface area contributed by atoms with Gasteiger partial charge in [-0.2, -0.15) is 0 Å². The van der Waals surface area contributed by atoms with Gasteiger partial charge >= 0.3 is 0 Å². The first kappa shape index (κ1) is 16.1. The predicted molar refractivity (Wildman–Crippen MR) is 91.8 cm³/mol. The van der Waals surface area contributed by atoms with E-state index >= 15 is 0 Å². The second-order valence-electron chi connectivity index (χ2n) is 6.19. The highest BCUT2D eigenvalue weighted by Crippen LogP contribution is 2.30. The fraction of sp³-hybridized carbons (Fsp3) is 0.625. The number of anilines is 1. The molecule has 2 nitrogen and oxygen atoms in total.